The molecule has 26 heavy (non-hydrogen) atoms. The molecule has 2 amide bonds. The number of rotatable bonds is 4. The first-order valence-electron chi connectivity index (χ1n) is 8.81. The molecule has 1 saturated heterocycles. The molecule has 1 aromatic heterocycles. The number of amides is 2. The molecule has 2 heterocycles. The number of anilines is 2. The molecule has 136 valence electrons. The zero-order valence-corrected chi connectivity index (χ0v) is 15.0. The third-order valence-electron chi connectivity index (χ3n) is 5.01. The van der Waals surface area contributed by atoms with Gasteiger partial charge >= 0.3 is 0 Å². The van der Waals surface area contributed by atoms with Crippen molar-refractivity contribution < 1.29 is 14.0 Å². The molecule has 2 aromatic rings. The van der Waals surface area contributed by atoms with Crippen LogP contribution < -0.4 is 10.2 Å². The Balaban J connectivity index is 1.41. The summed E-state index contributed by atoms with van der Waals surface area (Å²) in [4.78, 5) is 26.1. The van der Waals surface area contributed by atoms with E-state index in [1.807, 2.05) is 0 Å². The summed E-state index contributed by atoms with van der Waals surface area (Å²) in [6.45, 7) is 0.167. The van der Waals surface area contributed by atoms with Crippen LogP contribution in [0.3, 0.4) is 0 Å². The fourth-order valence-corrected chi connectivity index (χ4v) is 4.53. The summed E-state index contributed by atoms with van der Waals surface area (Å²) in [6.07, 6.45) is 4.73. The van der Waals surface area contributed by atoms with Crippen molar-refractivity contribution in [2.45, 2.75) is 38.0 Å². The van der Waals surface area contributed by atoms with E-state index in [-0.39, 0.29) is 30.5 Å². The first-order valence-corrected chi connectivity index (χ1v) is 9.62. The highest BCUT2D eigenvalue weighted by atomic mass is 32.1. The van der Waals surface area contributed by atoms with Gasteiger partial charge in [0.05, 0.1) is 11.6 Å². The lowest BCUT2D eigenvalue weighted by Gasteiger charge is -2.17. The molecule has 0 radical (unpaired) electrons. The summed E-state index contributed by atoms with van der Waals surface area (Å²) in [7, 11) is 0. The van der Waals surface area contributed by atoms with Crippen molar-refractivity contribution in [1.82, 2.24) is 10.2 Å². The number of carbonyl (C=O) groups is 2. The second kappa shape index (κ2) is 7.11. The van der Waals surface area contributed by atoms with E-state index in [1.54, 1.807) is 18.2 Å². The number of nitrogens with zero attached hydrogens (tertiary/aromatic N) is 3. The summed E-state index contributed by atoms with van der Waals surface area (Å²) in [5.74, 6) is -1.07. The van der Waals surface area contributed by atoms with Crippen LogP contribution in [0.1, 0.15) is 43.0 Å². The number of carbonyl (C=O) groups excluding carboxylic acids is 2. The summed E-state index contributed by atoms with van der Waals surface area (Å²) >= 11 is 1.40. The van der Waals surface area contributed by atoms with Gasteiger partial charge in [-0.1, -0.05) is 36.3 Å². The minimum atomic E-state index is -0.527. The van der Waals surface area contributed by atoms with Crippen molar-refractivity contribution in [3.05, 3.63) is 35.1 Å². The normalized spacial score (nSPS) is 20.7. The van der Waals surface area contributed by atoms with Crippen molar-refractivity contribution in [2.24, 2.45) is 5.92 Å². The molecule has 1 aromatic carbocycles. The van der Waals surface area contributed by atoms with Crippen LogP contribution in [0.5, 0.6) is 0 Å². The molecule has 1 aliphatic heterocycles. The van der Waals surface area contributed by atoms with Crippen LogP contribution in [0.2, 0.25) is 0 Å². The maximum atomic E-state index is 13.9. The lowest BCUT2D eigenvalue weighted by Crippen LogP contribution is -2.28. The van der Waals surface area contributed by atoms with Gasteiger partial charge in [0.15, 0.2) is 0 Å². The number of nitrogens with one attached hydrogen (secondary N) is 1. The van der Waals surface area contributed by atoms with Crippen LogP contribution in [0, 0.1) is 11.7 Å². The van der Waals surface area contributed by atoms with E-state index >= 15 is 0 Å². The number of hydrogen-bond donors (Lipinski definition) is 1. The topological polar surface area (TPSA) is 75.2 Å². The van der Waals surface area contributed by atoms with E-state index in [0.29, 0.717) is 11.0 Å². The highest BCUT2D eigenvalue weighted by Crippen LogP contribution is 2.36. The maximum Gasteiger partial charge on any atom is 0.231 e. The van der Waals surface area contributed by atoms with Crippen LogP contribution in [0.15, 0.2) is 24.3 Å². The van der Waals surface area contributed by atoms with Gasteiger partial charge in [-0.3, -0.25) is 9.59 Å². The van der Waals surface area contributed by atoms with Crippen LogP contribution in [-0.4, -0.2) is 28.6 Å². The van der Waals surface area contributed by atoms with Gasteiger partial charge in [0.2, 0.25) is 16.9 Å². The Kier molecular flexibility index (Phi) is 4.67. The Morgan fingerprint density at radius 1 is 1.23 bits per heavy atom. The molecule has 2 aliphatic rings. The van der Waals surface area contributed by atoms with Crippen LogP contribution >= 0.6 is 11.3 Å². The van der Waals surface area contributed by atoms with Crippen molar-refractivity contribution in [3.63, 3.8) is 0 Å². The molecule has 1 atom stereocenters. The fourth-order valence-electron chi connectivity index (χ4n) is 3.62. The first kappa shape index (κ1) is 17.1. The van der Waals surface area contributed by atoms with Gasteiger partial charge in [-0.2, -0.15) is 0 Å². The number of hydrogen-bond acceptors (Lipinski definition) is 5. The van der Waals surface area contributed by atoms with Gasteiger partial charge in [-0.15, -0.1) is 10.2 Å². The van der Waals surface area contributed by atoms with Gasteiger partial charge in [0, 0.05) is 18.9 Å². The Morgan fingerprint density at radius 3 is 2.77 bits per heavy atom. The number of para-hydroxylation sites is 1. The minimum Gasteiger partial charge on any atom is -0.309 e. The van der Waals surface area contributed by atoms with E-state index in [4.69, 9.17) is 0 Å². The van der Waals surface area contributed by atoms with Gasteiger partial charge in [-0.25, -0.2) is 4.39 Å². The molecule has 1 saturated carbocycles. The van der Waals surface area contributed by atoms with Crippen LogP contribution in [0.25, 0.3) is 0 Å². The SMILES string of the molecule is O=C(Nc1nnc(C2CCCC2)s1)[C@H]1CC(=O)N(c2ccccc2F)C1. The van der Waals surface area contributed by atoms with Gasteiger partial charge in [-0.05, 0) is 25.0 Å². The van der Waals surface area contributed by atoms with E-state index in [9.17, 15) is 14.0 Å². The predicted octanol–water partition coefficient (Wildman–Crippen LogP) is 3.33. The summed E-state index contributed by atoms with van der Waals surface area (Å²) in [6, 6.07) is 6.10. The van der Waals surface area contributed by atoms with E-state index < -0.39 is 11.7 Å². The lowest BCUT2D eigenvalue weighted by molar-refractivity contribution is -0.122. The Labute approximate surface area is 154 Å². The van der Waals surface area contributed by atoms with Crippen molar-refractivity contribution >= 4 is 34.0 Å². The smallest absolute Gasteiger partial charge is 0.231 e. The van der Waals surface area contributed by atoms with Crippen LogP contribution in [-0.2, 0) is 9.59 Å². The zero-order chi connectivity index (χ0) is 18.1. The van der Waals surface area contributed by atoms with Crippen molar-refractivity contribution in [2.75, 3.05) is 16.8 Å². The lowest BCUT2D eigenvalue weighted by atomic mass is 10.1. The molecule has 0 spiro atoms. The standard InChI is InChI=1S/C18H19FN4O2S/c19-13-7-3-4-8-14(13)23-10-12(9-15(23)24)16(25)20-18-22-21-17(26-18)11-5-1-2-6-11/h3-4,7-8,11-12H,1-2,5-6,9-10H2,(H,20,22,25)/t12-/m0/s1. The number of halogens is 1. The Hall–Kier alpha value is -2.35. The summed E-state index contributed by atoms with van der Waals surface area (Å²) in [5.41, 5.74) is 0.215. The van der Waals surface area contributed by atoms with Gasteiger partial charge < -0.3 is 10.2 Å². The van der Waals surface area contributed by atoms with Crippen molar-refractivity contribution in [1.29, 1.82) is 0 Å². The molecule has 2 fully saturated rings. The molecular formula is C18H19FN4O2S. The van der Waals surface area contributed by atoms with Gasteiger partial charge in [0.25, 0.3) is 0 Å². The monoisotopic (exact) mass is 374 g/mol. The number of benzene rings is 1. The highest BCUT2D eigenvalue weighted by molar-refractivity contribution is 7.15. The third-order valence-corrected chi connectivity index (χ3v) is 6.02. The molecule has 0 bridgehead atoms. The second-order valence-electron chi connectivity index (χ2n) is 6.77. The quantitative estimate of drug-likeness (QED) is 0.891. The zero-order valence-electron chi connectivity index (χ0n) is 14.2. The Morgan fingerprint density at radius 2 is 2.00 bits per heavy atom. The second-order valence-corrected chi connectivity index (χ2v) is 7.78. The molecule has 6 nitrogen and oxygen atoms in total. The van der Waals surface area contributed by atoms with Crippen molar-refractivity contribution in [3.8, 4) is 0 Å². The van der Waals surface area contributed by atoms with E-state index in [0.717, 1.165) is 17.8 Å². The average molecular weight is 374 g/mol. The predicted molar refractivity (Wildman–Crippen MR) is 96.6 cm³/mol. The largest absolute Gasteiger partial charge is 0.309 e. The third kappa shape index (κ3) is 3.33. The molecule has 0 unspecified atom stereocenters. The molecule has 4 rings (SSSR count). The summed E-state index contributed by atoms with van der Waals surface area (Å²) in [5, 5.41) is 12.5. The molecule has 1 N–H and O–H groups in total. The van der Waals surface area contributed by atoms with E-state index in [1.165, 1.54) is 35.1 Å². The van der Waals surface area contributed by atoms with E-state index in [2.05, 4.69) is 15.5 Å². The highest BCUT2D eigenvalue weighted by Gasteiger charge is 2.36. The molecule has 1 aliphatic carbocycles. The average Bonchev–Trinajstić information content (AvgIpc) is 3.35. The fraction of sp³-hybridized carbons (Fsp3) is 0.444. The molecule has 8 heteroatoms. The van der Waals surface area contributed by atoms with Crippen LogP contribution in [0.4, 0.5) is 15.2 Å². The first-order chi connectivity index (χ1) is 12.6. The van der Waals surface area contributed by atoms with Gasteiger partial charge in [0.1, 0.15) is 10.8 Å². The number of aromatic nitrogens is 2. The minimum absolute atomic E-state index is 0.0639. The maximum absolute atomic E-state index is 13.9. The summed E-state index contributed by atoms with van der Waals surface area (Å²) < 4.78 is 13.9. The molecular weight excluding hydrogens is 355 g/mol. The Bertz CT molecular complexity index is 834.